The van der Waals surface area contributed by atoms with Crippen molar-refractivity contribution < 1.29 is 4.79 Å². The molecule has 0 saturated heterocycles. The number of benzene rings is 1. The fraction of sp³-hybridized carbons (Fsp3) is 0.312. The van der Waals surface area contributed by atoms with Gasteiger partial charge in [-0.25, -0.2) is 0 Å². The van der Waals surface area contributed by atoms with Crippen molar-refractivity contribution in [2.75, 3.05) is 11.9 Å². The van der Waals surface area contributed by atoms with E-state index >= 15 is 0 Å². The topological polar surface area (TPSA) is 41.1 Å². The van der Waals surface area contributed by atoms with E-state index in [2.05, 4.69) is 17.6 Å². The number of thiophene rings is 1. The van der Waals surface area contributed by atoms with Gasteiger partial charge in [-0.05, 0) is 49.2 Å². The zero-order valence-electron chi connectivity index (χ0n) is 12.2. The smallest absolute Gasteiger partial charge is 0.251 e. The van der Waals surface area contributed by atoms with Gasteiger partial charge in [0.2, 0.25) is 0 Å². The van der Waals surface area contributed by atoms with Crippen LogP contribution in [0.25, 0.3) is 0 Å². The van der Waals surface area contributed by atoms with Gasteiger partial charge in [0.05, 0.1) is 10.9 Å². The number of carbonyl (C=O) groups excluding carboxylic acids is 1. The molecule has 2 N–H and O–H groups in total. The molecule has 0 fully saturated rings. The van der Waals surface area contributed by atoms with E-state index in [0.717, 1.165) is 33.4 Å². The summed E-state index contributed by atoms with van der Waals surface area (Å²) in [5.41, 5.74) is 2.73. The number of aryl methyl sites for hydroxylation is 1. The van der Waals surface area contributed by atoms with E-state index in [4.69, 9.17) is 11.6 Å². The fourth-order valence-corrected chi connectivity index (χ4v) is 3.03. The lowest BCUT2D eigenvalue weighted by molar-refractivity contribution is 0.0950. The van der Waals surface area contributed by atoms with E-state index in [-0.39, 0.29) is 5.91 Å². The van der Waals surface area contributed by atoms with E-state index in [1.807, 2.05) is 37.3 Å². The molecule has 0 unspecified atom stereocenters. The van der Waals surface area contributed by atoms with Crippen LogP contribution in [0.2, 0.25) is 4.34 Å². The number of anilines is 1. The van der Waals surface area contributed by atoms with Gasteiger partial charge in [0.15, 0.2) is 0 Å². The molecular weight excluding hydrogens is 304 g/mol. The lowest BCUT2D eigenvalue weighted by atomic mass is 10.1. The third-order valence-electron chi connectivity index (χ3n) is 3.10. The predicted molar refractivity (Wildman–Crippen MR) is 90.5 cm³/mol. The van der Waals surface area contributed by atoms with Crippen molar-refractivity contribution in [3.05, 3.63) is 50.7 Å². The molecule has 0 aliphatic rings. The molecule has 1 aromatic carbocycles. The average Bonchev–Trinajstić information content (AvgIpc) is 2.88. The van der Waals surface area contributed by atoms with Crippen molar-refractivity contribution in [3.63, 3.8) is 0 Å². The highest BCUT2D eigenvalue weighted by atomic mass is 35.5. The van der Waals surface area contributed by atoms with Gasteiger partial charge in [0.1, 0.15) is 0 Å². The van der Waals surface area contributed by atoms with Crippen LogP contribution in [0.1, 0.15) is 34.1 Å². The molecule has 0 atom stereocenters. The van der Waals surface area contributed by atoms with Crippen LogP contribution in [0.3, 0.4) is 0 Å². The summed E-state index contributed by atoms with van der Waals surface area (Å²) in [5.74, 6) is -0.0564. The molecule has 0 aliphatic heterocycles. The molecule has 2 aromatic rings. The third kappa shape index (κ3) is 4.48. The number of amides is 1. The van der Waals surface area contributed by atoms with Crippen molar-refractivity contribution in [2.45, 2.75) is 26.8 Å². The minimum Gasteiger partial charge on any atom is -0.385 e. The maximum absolute atomic E-state index is 12.2. The Labute approximate surface area is 134 Å². The highest BCUT2D eigenvalue weighted by Crippen LogP contribution is 2.21. The lowest BCUT2D eigenvalue weighted by Gasteiger charge is -2.10. The maximum atomic E-state index is 12.2. The molecule has 2 rings (SSSR count). The fourth-order valence-electron chi connectivity index (χ4n) is 2.01. The predicted octanol–water partition coefficient (Wildman–Crippen LogP) is 4.46. The molecule has 0 bridgehead atoms. The zero-order chi connectivity index (χ0) is 15.2. The number of carbonyl (C=O) groups is 1. The molecule has 1 heterocycles. The molecule has 5 heteroatoms. The van der Waals surface area contributed by atoms with Crippen LogP contribution in [0, 0.1) is 6.92 Å². The Balaban J connectivity index is 1.98. The van der Waals surface area contributed by atoms with Crippen LogP contribution in [-0.2, 0) is 6.54 Å². The Hall–Kier alpha value is -1.52. The van der Waals surface area contributed by atoms with Crippen molar-refractivity contribution in [3.8, 4) is 0 Å². The van der Waals surface area contributed by atoms with Crippen LogP contribution in [0.15, 0.2) is 30.3 Å². The van der Waals surface area contributed by atoms with Crippen molar-refractivity contribution in [2.24, 2.45) is 0 Å². The van der Waals surface area contributed by atoms with Gasteiger partial charge in [-0.3, -0.25) is 4.79 Å². The first-order valence-corrected chi connectivity index (χ1v) is 8.16. The number of hydrogen-bond acceptors (Lipinski definition) is 3. The zero-order valence-corrected chi connectivity index (χ0v) is 13.8. The minimum absolute atomic E-state index is 0.0564. The van der Waals surface area contributed by atoms with Gasteiger partial charge in [-0.2, -0.15) is 0 Å². The second-order valence-corrected chi connectivity index (χ2v) is 6.64. The summed E-state index contributed by atoms with van der Waals surface area (Å²) in [6.45, 7) is 5.52. The summed E-state index contributed by atoms with van der Waals surface area (Å²) < 4.78 is 0.738. The Morgan fingerprint density at radius 1 is 1.29 bits per heavy atom. The molecule has 1 amide bonds. The summed E-state index contributed by atoms with van der Waals surface area (Å²) in [7, 11) is 0. The molecule has 1 aromatic heterocycles. The SMILES string of the molecule is CCCNc1ccc(C(=O)NCc2ccc(Cl)s2)c(C)c1. The first-order chi connectivity index (χ1) is 10.1. The molecule has 0 aliphatic carbocycles. The summed E-state index contributed by atoms with van der Waals surface area (Å²) in [6, 6.07) is 9.58. The van der Waals surface area contributed by atoms with Crippen LogP contribution in [0.5, 0.6) is 0 Å². The standard InChI is InChI=1S/C16H19ClN2OS/c1-3-8-18-12-4-6-14(11(2)9-12)16(20)19-10-13-5-7-15(17)21-13/h4-7,9,18H,3,8,10H2,1-2H3,(H,19,20). The maximum Gasteiger partial charge on any atom is 0.251 e. The Morgan fingerprint density at radius 3 is 2.71 bits per heavy atom. The van der Waals surface area contributed by atoms with Gasteiger partial charge in [0.25, 0.3) is 5.91 Å². The third-order valence-corrected chi connectivity index (χ3v) is 4.33. The van der Waals surface area contributed by atoms with Crippen molar-refractivity contribution in [1.82, 2.24) is 5.32 Å². The average molecular weight is 323 g/mol. The summed E-state index contributed by atoms with van der Waals surface area (Å²) in [4.78, 5) is 13.3. The van der Waals surface area contributed by atoms with E-state index in [1.165, 1.54) is 11.3 Å². The minimum atomic E-state index is -0.0564. The van der Waals surface area contributed by atoms with Crippen LogP contribution >= 0.6 is 22.9 Å². The van der Waals surface area contributed by atoms with Gasteiger partial charge in [0, 0.05) is 22.7 Å². The van der Waals surface area contributed by atoms with E-state index in [9.17, 15) is 4.79 Å². The first kappa shape index (κ1) is 15.9. The Bertz CT molecular complexity index is 624. The molecule has 3 nitrogen and oxygen atoms in total. The molecular formula is C16H19ClN2OS. The quantitative estimate of drug-likeness (QED) is 0.824. The number of nitrogens with one attached hydrogen (secondary N) is 2. The second-order valence-electron chi connectivity index (χ2n) is 4.84. The van der Waals surface area contributed by atoms with E-state index in [0.29, 0.717) is 12.1 Å². The number of halogens is 1. The van der Waals surface area contributed by atoms with E-state index in [1.54, 1.807) is 0 Å². The monoisotopic (exact) mass is 322 g/mol. The molecule has 0 saturated carbocycles. The lowest BCUT2D eigenvalue weighted by Crippen LogP contribution is -2.23. The van der Waals surface area contributed by atoms with Crippen molar-refractivity contribution >= 4 is 34.5 Å². The Morgan fingerprint density at radius 2 is 2.10 bits per heavy atom. The molecule has 0 spiro atoms. The van der Waals surface area contributed by atoms with Gasteiger partial charge >= 0.3 is 0 Å². The van der Waals surface area contributed by atoms with Gasteiger partial charge in [-0.1, -0.05) is 18.5 Å². The van der Waals surface area contributed by atoms with Crippen LogP contribution < -0.4 is 10.6 Å². The Kier molecular flexibility index (Phi) is 5.65. The highest BCUT2D eigenvalue weighted by molar-refractivity contribution is 7.16. The highest BCUT2D eigenvalue weighted by Gasteiger charge is 2.09. The number of hydrogen-bond donors (Lipinski definition) is 2. The van der Waals surface area contributed by atoms with Crippen molar-refractivity contribution in [1.29, 1.82) is 0 Å². The number of rotatable bonds is 6. The summed E-state index contributed by atoms with van der Waals surface area (Å²) in [6.07, 6.45) is 1.07. The summed E-state index contributed by atoms with van der Waals surface area (Å²) >= 11 is 7.36. The molecule has 112 valence electrons. The molecule has 21 heavy (non-hydrogen) atoms. The van der Waals surface area contributed by atoms with Gasteiger partial charge in [-0.15, -0.1) is 11.3 Å². The second kappa shape index (κ2) is 7.48. The van der Waals surface area contributed by atoms with E-state index < -0.39 is 0 Å². The van der Waals surface area contributed by atoms with Gasteiger partial charge < -0.3 is 10.6 Å². The van der Waals surface area contributed by atoms with Crippen LogP contribution in [0.4, 0.5) is 5.69 Å². The summed E-state index contributed by atoms with van der Waals surface area (Å²) in [5, 5.41) is 6.24. The normalized spacial score (nSPS) is 10.4. The van der Waals surface area contributed by atoms with Crippen LogP contribution in [-0.4, -0.2) is 12.5 Å². The first-order valence-electron chi connectivity index (χ1n) is 6.97. The molecule has 0 radical (unpaired) electrons. The largest absolute Gasteiger partial charge is 0.385 e.